The van der Waals surface area contributed by atoms with Gasteiger partial charge in [-0.25, -0.2) is 0 Å². The SMILES string of the molecule is NC(=O)C(c1c(Cl)cccc1Cl)c1cccn1-c1cc(Cl)ccc1[N+](=O)[O-]. The summed E-state index contributed by atoms with van der Waals surface area (Å²) in [6.07, 6.45) is 1.58. The minimum Gasteiger partial charge on any atom is -0.369 e. The number of rotatable bonds is 5. The van der Waals surface area contributed by atoms with Crippen LogP contribution in [0, 0.1) is 10.1 Å². The number of carbonyl (C=O) groups is 1. The number of halogens is 3. The number of hydrogen-bond donors (Lipinski definition) is 1. The van der Waals surface area contributed by atoms with Crippen molar-refractivity contribution in [3.8, 4) is 5.69 Å². The van der Waals surface area contributed by atoms with Crippen LogP contribution in [0.15, 0.2) is 54.7 Å². The second kappa shape index (κ2) is 7.60. The van der Waals surface area contributed by atoms with Gasteiger partial charge in [-0.2, -0.15) is 0 Å². The minimum absolute atomic E-state index is 0.176. The molecular weight excluding hydrogens is 413 g/mol. The van der Waals surface area contributed by atoms with Gasteiger partial charge in [0.25, 0.3) is 5.69 Å². The van der Waals surface area contributed by atoms with E-state index in [1.807, 2.05) is 0 Å². The Morgan fingerprint density at radius 3 is 2.33 bits per heavy atom. The van der Waals surface area contributed by atoms with Gasteiger partial charge in [0.15, 0.2) is 0 Å². The van der Waals surface area contributed by atoms with Gasteiger partial charge in [-0.1, -0.05) is 40.9 Å². The van der Waals surface area contributed by atoms with Gasteiger partial charge >= 0.3 is 0 Å². The second-order valence-electron chi connectivity index (χ2n) is 5.66. The molecule has 1 atom stereocenters. The van der Waals surface area contributed by atoms with Crippen LogP contribution in [-0.2, 0) is 4.79 Å². The molecule has 1 unspecified atom stereocenters. The average Bonchev–Trinajstić information content (AvgIpc) is 3.06. The van der Waals surface area contributed by atoms with Gasteiger partial charge in [-0.15, -0.1) is 0 Å². The van der Waals surface area contributed by atoms with Gasteiger partial charge in [0.1, 0.15) is 11.6 Å². The molecule has 2 N–H and O–H groups in total. The highest BCUT2D eigenvalue weighted by molar-refractivity contribution is 6.36. The van der Waals surface area contributed by atoms with Crippen molar-refractivity contribution in [1.29, 1.82) is 0 Å². The molecule has 0 aliphatic rings. The lowest BCUT2D eigenvalue weighted by molar-refractivity contribution is -0.384. The summed E-state index contributed by atoms with van der Waals surface area (Å²) in [4.78, 5) is 23.2. The maximum absolute atomic E-state index is 12.3. The molecule has 138 valence electrons. The van der Waals surface area contributed by atoms with Gasteiger partial charge in [0, 0.05) is 38.6 Å². The first-order valence-corrected chi connectivity index (χ1v) is 8.79. The second-order valence-corrected chi connectivity index (χ2v) is 6.91. The summed E-state index contributed by atoms with van der Waals surface area (Å²) in [5, 5.41) is 12.3. The summed E-state index contributed by atoms with van der Waals surface area (Å²) >= 11 is 18.6. The molecule has 2 aromatic carbocycles. The van der Waals surface area contributed by atoms with Gasteiger partial charge in [-0.3, -0.25) is 14.9 Å². The van der Waals surface area contributed by atoms with Crippen LogP contribution in [0.2, 0.25) is 15.1 Å². The Balaban J connectivity index is 2.27. The molecule has 27 heavy (non-hydrogen) atoms. The zero-order valence-corrected chi connectivity index (χ0v) is 15.9. The Kier molecular flexibility index (Phi) is 5.41. The van der Waals surface area contributed by atoms with Crippen molar-refractivity contribution in [1.82, 2.24) is 4.57 Å². The molecule has 0 bridgehead atoms. The summed E-state index contributed by atoms with van der Waals surface area (Å²) in [6.45, 7) is 0. The monoisotopic (exact) mass is 423 g/mol. The Morgan fingerprint density at radius 1 is 1.07 bits per heavy atom. The van der Waals surface area contributed by atoms with Crippen molar-refractivity contribution in [3.63, 3.8) is 0 Å². The predicted octanol–water partition coefficient (Wildman–Crippen LogP) is 4.96. The van der Waals surface area contributed by atoms with Gasteiger partial charge in [-0.05, 0) is 36.4 Å². The number of aromatic nitrogens is 1. The predicted molar refractivity (Wildman–Crippen MR) is 105 cm³/mol. The van der Waals surface area contributed by atoms with Crippen LogP contribution in [-0.4, -0.2) is 15.4 Å². The van der Waals surface area contributed by atoms with E-state index in [1.165, 1.54) is 22.8 Å². The van der Waals surface area contributed by atoms with Crippen molar-refractivity contribution in [3.05, 3.63) is 91.2 Å². The molecule has 1 heterocycles. The lowest BCUT2D eigenvalue weighted by atomic mass is 9.94. The largest absolute Gasteiger partial charge is 0.369 e. The molecule has 0 spiro atoms. The number of nitro benzene ring substituents is 1. The van der Waals surface area contributed by atoms with E-state index in [9.17, 15) is 14.9 Å². The van der Waals surface area contributed by atoms with E-state index in [-0.39, 0.29) is 21.4 Å². The normalized spacial score (nSPS) is 12.0. The molecular formula is C18H12Cl3N3O3. The summed E-state index contributed by atoms with van der Waals surface area (Å²) in [7, 11) is 0. The van der Waals surface area contributed by atoms with Crippen molar-refractivity contribution < 1.29 is 9.72 Å². The van der Waals surface area contributed by atoms with Crippen molar-refractivity contribution in [2.45, 2.75) is 5.92 Å². The van der Waals surface area contributed by atoms with Crippen LogP contribution < -0.4 is 5.73 Å². The van der Waals surface area contributed by atoms with Crippen molar-refractivity contribution in [2.75, 3.05) is 0 Å². The van der Waals surface area contributed by atoms with E-state index >= 15 is 0 Å². The van der Waals surface area contributed by atoms with Gasteiger partial charge < -0.3 is 10.3 Å². The molecule has 3 aromatic rings. The van der Waals surface area contributed by atoms with E-state index in [0.29, 0.717) is 16.3 Å². The third kappa shape index (κ3) is 3.64. The third-order valence-electron chi connectivity index (χ3n) is 4.04. The van der Waals surface area contributed by atoms with Crippen molar-refractivity contribution >= 4 is 46.4 Å². The quantitative estimate of drug-likeness (QED) is 0.463. The Bertz CT molecular complexity index is 1030. The standard InChI is InChI=1S/C18H12Cl3N3O3/c19-10-6-7-13(24(26)27)15(9-10)23-8-2-5-14(23)17(18(22)25)16-11(20)3-1-4-12(16)21/h1-9,17H,(H2,22,25). The lowest BCUT2D eigenvalue weighted by Crippen LogP contribution is -2.25. The van der Waals surface area contributed by atoms with Crippen LogP contribution in [0.5, 0.6) is 0 Å². The number of benzene rings is 2. The maximum Gasteiger partial charge on any atom is 0.293 e. The summed E-state index contributed by atoms with van der Waals surface area (Å²) < 4.78 is 1.49. The van der Waals surface area contributed by atoms with E-state index in [1.54, 1.807) is 36.5 Å². The fourth-order valence-corrected chi connectivity index (χ4v) is 3.70. The van der Waals surface area contributed by atoms with E-state index in [2.05, 4.69) is 0 Å². The summed E-state index contributed by atoms with van der Waals surface area (Å²) in [6, 6.07) is 12.2. The average molecular weight is 425 g/mol. The van der Waals surface area contributed by atoms with Gasteiger partial charge in [0.2, 0.25) is 5.91 Å². The molecule has 0 fully saturated rings. The Hall–Kier alpha value is -2.54. The molecule has 6 nitrogen and oxygen atoms in total. The van der Waals surface area contributed by atoms with Crippen LogP contribution in [0.4, 0.5) is 5.69 Å². The Labute approximate surface area is 169 Å². The molecule has 0 saturated heterocycles. The van der Waals surface area contributed by atoms with E-state index in [0.717, 1.165) is 0 Å². The minimum atomic E-state index is -1.01. The highest BCUT2D eigenvalue weighted by Crippen LogP contribution is 2.38. The highest BCUT2D eigenvalue weighted by Gasteiger charge is 2.29. The maximum atomic E-state index is 12.3. The van der Waals surface area contributed by atoms with E-state index < -0.39 is 16.7 Å². The fraction of sp³-hybridized carbons (Fsp3) is 0.0556. The number of amides is 1. The first-order chi connectivity index (χ1) is 12.8. The number of nitro groups is 1. The van der Waals surface area contributed by atoms with E-state index in [4.69, 9.17) is 40.5 Å². The fourth-order valence-electron chi connectivity index (χ4n) is 2.92. The van der Waals surface area contributed by atoms with Crippen LogP contribution in [0.25, 0.3) is 5.69 Å². The molecule has 0 saturated carbocycles. The third-order valence-corrected chi connectivity index (χ3v) is 4.94. The number of primary amides is 1. The smallest absolute Gasteiger partial charge is 0.293 e. The number of hydrogen-bond acceptors (Lipinski definition) is 3. The first-order valence-electron chi connectivity index (χ1n) is 7.66. The molecule has 1 amide bonds. The summed E-state index contributed by atoms with van der Waals surface area (Å²) in [5.74, 6) is -1.71. The topological polar surface area (TPSA) is 91.2 Å². The lowest BCUT2D eigenvalue weighted by Gasteiger charge is -2.19. The van der Waals surface area contributed by atoms with Crippen LogP contribution in [0.3, 0.4) is 0 Å². The molecule has 0 aliphatic heterocycles. The Morgan fingerprint density at radius 2 is 1.74 bits per heavy atom. The first kappa shape index (κ1) is 19.2. The number of nitrogens with zero attached hydrogens (tertiary/aromatic N) is 2. The number of carbonyl (C=O) groups excluding carboxylic acids is 1. The zero-order chi connectivity index (χ0) is 19.7. The summed E-state index contributed by atoms with van der Waals surface area (Å²) in [5.41, 5.74) is 6.37. The molecule has 9 heteroatoms. The molecule has 0 aliphatic carbocycles. The van der Waals surface area contributed by atoms with Crippen LogP contribution >= 0.6 is 34.8 Å². The molecule has 1 aromatic heterocycles. The number of nitrogens with two attached hydrogens (primary N) is 1. The molecule has 3 rings (SSSR count). The van der Waals surface area contributed by atoms with Crippen molar-refractivity contribution in [2.24, 2.45) is 5.73 Å². The van der Waals surface area contributed by atoms with Gasteiger partial charge in [0.05, 0.1) is 4.92 Å². The zero-order valence-electron chi connectivity index (χ0n) is 13.6. The van der Waals surface area contributed by atoms with Crippen LogP contribution in [0.1, 0.15) is 17.2 Å². The highest BCUT2D eigenvalue weighted by atomic mass is 35.5. The molecule has 0 radical (unpaired) electrons.